The van der Waals surface area contributed by atoms with Crippen LogP contribution in [0.15, 0.2) is 35.4 Å². The highest BCUT2D eigenvalue weighted by molar-refractivity contribution is 5.32. The summed E-state index contributed by atoms with van der Waals surface area (Å²) in [4.78, 5) is 21.4. The van der Waals surface area contributed by atoms with E-state index in [9.17, 15) is 9.90 Å². The molecular formula is C19H22N4O2. The van der Waals surface area contributed by atoms with E-state index in [1.807, 2.05) is 0 Å². The first-order chi connectivity index (χ1) is 12.2. The fourth-order valence-electron chi connectivity index (χ4n) is 3.46. The number of hydrogen-bond acceptors (Lipinski definition) is 4. The number of rotatable bonds is 5. The average Bonchev–Trinajstić information content (AvgIpc) is 2.94. The number of aliphatic hydroxyl groups excluding tert-OH is 1. The topological polar surface area (TPSA) is 72.4 Å². The molecule has 25 heavy (non-hydrogen) atoms. The highest BCUT2D eigenvalue weighted by Gasteiger charge is 2.19. The minimum absolute atomic E-state index is 0.0689. The quantitative estimate of drug-likeness (QED) is 0.773. The van der Waals surface area contributed by atoms with E-state index < -0.39 is 0 Å². The van der Waals surface area contributed by atoms with Crippen molar-refractivity contribution in [2.75, 3.05) is 6.61 Å². The van der Waals surface area contributed by atoms with Crippen molar-refractivity contribution in [1.29, 1.82) is 0 Å². The zero-order chi connectivity index (χ0) is 17.4. The van der Waals surface area contributed by atoms with E-state index >= 15 is 0 Å². The van der Waals surface area contributed by atoms with Crippen LogP contribution in [0.1, 0.15) is 47.6 Å². The fourth-order valence-corrected chi connectivity index (χ4v) is 3.46. The van der Waals surface area contributed by atoms with Crippen molar-refractivity contribution < 1.29 is 5.11 Å². The molecule has 1 N–H and O–H groups in total. The van der Waals surface area contributed by atoms with Gasteiger partial charge in [-0.25, -0.2) is 4.98 Å². The second-order valence-corrected chi connectivity index (χ2v) is 6.78. The van der Waals surface area contributed by atoms with Crippen molar-refractivity contribution in [2.24, 2.45) is 0 Å². The Morgan fingerprint density at radius 1 is 1.24 bits per heavy atom. The molecular weight excluding hydrogens is 316 g/mol. The van der Waals surface area contributed by atoms with Crippen LogP contribution in [0.5, 0.6) is 0 Å². The number of fused-ring (bicyclic) bond motifs is 1. The van der Waals surface area contributed by atoms with E-state index in [1.165, 1.54) is 29.3 Å². The van der Waals surface area contributed by atoms with Crippen LogP contribution >= 0.6 is 0 Å². The Labute approximate surface area is 145 Å². The predicted octanol–water partition coefficient (Wildman–Crippen LogP) is 2.05. The molecule has 0 radical (unpaired) electrons. The van der Waals surface area contributed by atoms with Gasteiger partial charge in [0.1, 0.15) is 6.33 Å². The summed E-state index contributed by atoms with van der Waals surface area (Å²) in [6.07, 6.45) is 5.87. The van der Waals surface area contributed by atoms with Gasteiger partial charge >= 0.3 is 0 Å². The monoisotopic (exact) mass is 338 g/mol. The van der Waals surface area contributed by atoms with Gasteiger partial charge in [-0.15, -0.1) is 0 Å². The lowest BCUT2D eigenvalue weighted by molar-refractivity contribution is 0.298. The van der Waals surface area contributed by atoms with Crippen molar-refractivity contribution in [3.8, 4) is 0 Å². The van der Waals surface area contributed by atoms with Crippen molar-refractivity contribution >= 4 is 5.78 Å². The second-order valence-electron chi connectivity index (χ2n) is 6.78. The Balaban J connectivity index is 1.67. The fraction of sp³-hybridized carbons (Fsp3) is 0.421. The van der Waals surface area contributed by atoms with Crippen LogP contribution in [0.3, 0.4) is 0 Å². The highest BCUT2D eigenvalue weighted by Crippen LogP contribution is 2.36. The van der Waals surface area contributed by atoms with Gasteiger partial charge in [0, 0.05) is 18.6 Å². The van der Waals surface area contributed by atoms with Gasteiger partial charge < -0.3 is 5.11 Å². The summed E-state index contributed by atoms with van der Waals surface area (Å²) in [6, 6.07) is 8.64. The van der Waals surface area contributed by atoms with Crippen LogP contribution in [0, 0.1) is 6.92 Å². The molecule has 0 saturated heterocycles. The molecule has 2 aromatic heterocycles. The Bertz CT molecular complexity index is 952. The van der Waals surface area contributed by atoms with Gasteiger partial charge in [-0.2, -0.15) is 9.50 Å². The minimum atomic E-state index is -0.153. The number of hydrogen-bond donors (Lipinski definition) is 1. The molecule has 1 saturated carbocycles. The maximum atomic E-state index is 12.8. The zero-order valence-electron chi connectivity index (χ0n) is 14.4. The van der Waals surface area contributed by atoms with Gasteiger partial charge in [-0.3, -0.25) is 9.48 Å². The van der Waals surface area contributed by atoms with Gasteiger partial charge in [0.15, 0.2) is 0 Å². The molecule has 2 heterocycles. The van der Waals surface area contributed by atoms with E-state index in [1.54, 1.807) is 17.9 Å². The number of nitrogens with zero attached hydrogens (tertiary/aromatic N) is 4. The molecule has 1 fully saturated rings. The molecule has 0 spiro atoms. The van der Waals surface area contributed by atoms with E-state index in [-0.39, 0.29) is 12.2 Å². The molecule has 130 valence electrons. The van der Waals surface area contributed by atoms with Crippen LogP contribution < -0.4 is 5.56 Å². The van der Waals surface area contributed by atoms with Crippen molar-refractivity contribution in [3.63, 3.8) is 0 Å². The lowest BCUT2D eigenvalue weighted by Crippen LogP contribution is -2.26. The van der Waals surface area contributed by atoms with Crippen LogP contribution in [-0.4, -0.2) is 30.9 Å². The molecule has 0 bridgehead atoms. The Kier molecular flexibility index (Phi) is 4.13. The maximum absolute atomic E-state index is 12.8. The normalized spacial score (nSPS) is 14.8. The van der Waals surface area contributed by atoms with E-state index in [4.69, 9.17) is 0 Å². The summed E-state index contributed by atoms with van der Waals surface area (Å²) >= 11 is 0. The lowest BCUT2D eigenvalue weighted by Gasteiger charge is -2.25. The summed E-state index contributed by atoms with van der Waals surface area (Å²) < 4.78 is 3.28. The molecule has 1 aliphatic carbocycles. The van der Waals surface area contributed by atoms with Crippen LogP contribution in [0.4, 0.5) is 0 Å². The zero-order valence-corrected chi connectivity index (χ0v) is 14.4. The lowest BCUT2D eigenvalue weighted by atomic mass is 9.80. The summed E-state index contributed by atoms with van der Waals surface area (Å²) in [5.41, 5.74) is 3.56. The molecule has 1 aliphatic rings. The van der Waals surface area contributed by atoms with E-state index in [0.29, 0.717) is 30.0 Å². The largest absolute Gasteiger partial charge is 0.396 e. The van der Waals surface area contributed by atoms with E-state index in [2.05, 4.69) is 34.2 Å². The first-order valence-corrected chi connectivity index (χ1v) is 8.80. The van der Waals surface area contributed by atoms with Crippen molar-refractivity contribution in [1.82, 2.24) is 19.2 Å². The Morgan fingerprint density at radius 2 is 2.00 bits per heavy atom. The first kappa shape index (κ1) is 16.0. The number of aromatic nitrogens is 4. The average molecular weight is 338 g/mol. The van der Waals surface area contributed by atoms with Crippen LogP contribution in [-0.2, 0) is 13.0 Å². The summed E-state index contributed by atoms with van der Waals surface area (Å²) in [5, 5.41) is 9.19. The minimum Gasteiger partial charge on any atom is -0.396 e. The standard InChI is InChI=1S/C19H22N4O2/c1-13-17(9-10-24)18(25)23-19(21-13)20-12-22(23)11-14-5-7-16(8-6-14)15-3-2-4-15/h5-8,12,15,24H,2-4,9-11H2,1H3. The number of benzene rings is 1. The first-order valence-electron chi connectivity index (χ1n) is 8.80. The maximum Gasteiger partial charge on any atom is 0.277 e. The molecule has 4 rings (SSSR count). The molecule has 1 aromatic carbocycles. The molecule has 0 amide bonds. The molecule has 6 heteroatoms. The Hall–Kier alpha value is -2.47. The van der Waals surface area contributed by atoms with Gasteiger partial charge in [0.05, 0.1) is 12.2 Å². The SMILES string of the molecule is Cc1nc2ncn(Cc3ccc(C4CCC4)cc3)n2c(=O)c1CCO. The predicted molar refractivity (Wildman–Crippen MR) is 94.9 cm³/mol. The van der Waals surface area contributed by atoms with Gasteiger partial charge in [0.25, 0.3) is 11.3 Å². The van der Waals surface area contributed by atoms with Crippen molar-refractivity contribution in [2.45, 2.75) is 45.1 Å². The third kappa shape index (κ3) is 2.87. The second kappa shape index (κ2) is 6.44. The molecule has 3 aromatic rings. The van der Waals surface area contributed by atoms with Crippen LogP contribution in [0.25, 0.3) is 5.78 Å². The van der Waals surface area contributed by atoms with Crippen molar-refractivity contribution in [3.05, 3.63) is 63.3 Å². The number of aryl methyl sites for hydroxylation is 1. The molecule has 0 atom stereocenters. The molecule has 0 aliphatic heterocycles. The number of aliphatic hydroxyl groups is 1. The third-order valence-corrected chi connectivity index (χ3v) is 5.17. The smallest absolute Gasteiger partial charge is 0.277 e. The molecule has 0 unspecified atom stereocenters. The van der Waals surface area contributed by atoms with Crippen LogP contribution in [0.2, 0.25) is 0 Å². The van der Waals surface area contributed by atoms with Gasteiger partial charge in [-0.1, -0.05) is 30.7 Å². The summed E-state index contributed by atoms with van der Waals surface area (Å²) in [7, 11) is 0. The van der Waals surface area contributed by atoms with Gasteiger partial charge in [0.2, 0.25) is 0 Å². The highest BCUT2D eigenvalue weighted by atomic mass is 16.3. The van der Waals surface area contributed by atoms with Gasteiger partial charge in [-0.05, 0) is 36.8 Å². The van der Waals surface area contributed by atoms with E-state index in [0.717, 1.165) is 11.5 Å². The summed E-state index contributed by atoms with van der Waals surface area (Å²) in [5.74, 6) is 1.12. The third-order valence-electron chi connectivity index (χ3n) is 5.17. The molecule has 6 nitrogen and oxygen atoms in total. The summed E-state index contributed by atoms with van der Waals surface area (Å²) in [6.45, 7) is 2.27. The Morgan fingerprint density at radius 3 is 2.64 bits per heavy atom.